The van der Waals surface area contributed by atoms with E-state index in [0.717, 1.165) is 91.4 Å². The van der Waals surface area contributed by atoms with Crippen LogP contribution in [0.1, 0.15) is 67.0 Å². The molecule has 0 saturated carbocycles. The van der Waals surface area contributed by atoms with Gasteiger partial charge in [-0.3, -0.25) is 9.67 Å². The Balaban J connectivity index is 1.36. The van der Waals surface area contributed by atoms with Crippen molar-refractivity contribution < 1.29 is 0 Å². The largest absolute Gasteiger partial charge is 0.378 e. The van der Waals surface area contributed by atoms with Gasteiger partial charge < -0.3 is 14.8 Å². The summed E-state index contributed by atoms with van der Waals surface area (Å²) in [5.74, 6) is 1.44. The molecule has 2 bridgehead atoms. The van der Waals surface area contributed by atoms with E-state index < -0.39 is 0 Å². The maximum Gasteiger partial charge on any atom is 0.208 e. The van der Waals surface area contributed by atoms with Gasteiger partial charge >= 0.3 is 0 Å². The summed E-state index contributed by atoms with van der Waals surface area (Å²) in [6.45, 7) is 13.5. The summed E-state index contributed by atoms with van der Waals surface area (Å²) < 4.78 is 4.38. The van der Waals surface area contributed by atoms with Crippen molar-refractivity contribution in [3.05, 3.63) is 78.4 Å². The van der Waals surface area contributed by atoms with Gasteiger partial charge in [-0.15, -0.1) is 0 Å². The number of piperidine rings is 1. The summed E-state index contributed by atoms with van der Waals surface area (Å²) in [4.78, 5) is 12.2. The monoisotopic (exact) mass is 521 g/mol. The fraction of sp³-hybridized carbons (Fsp3) is 0.406. The van der Waals surface area contributed by atoms with Gasteiger partial charge in [0.25, 0.3) is 0 Å². The van der Waals surface area contributed by atoms with Crippen molar-refractivity contribution in [2.75, 3.05) is 18.4 Å². The number of hydrogen-bond donors (Lipinski definition) is 1. The Hall–Kier alpha value is -3.87. The molecule has 5 heterocycles. The molecular weight excluding hydrogens is 482 g/mol. The van der Waals surface area contributed by atoms with Crippen molar-refractivity contribution in [1.29, 1.82) is 0 Å². The van der Waals surface area contributed by atoms with E-state index in [1.54, 1.807) is 0 Å². The maximum atomic E-state index is 5.05. The third-order valence-corrected chi connectivity index (χ3v) is 8.48. The second-order valence-corrected chi connectivity index (χ2v) is 11.1. The molecule has 0 atom stereocenters. The molecule has 0 aliphatic carbocycles. The minimum absolute atomic E-state index is 0.580. The highest BCUT2D eigenvalue weighted by Crippen LogP contribution is 2.33. The number of imidazole rings is 1. The third-order valence-electron chi connectivity index (χ3n) is 8.48. The van der Waals surface area contributed by atoms with E-state index >= 15 is 0 Å². The first kappa shape index (κ1) is 25.4. The van der Waals surface area contributed by atoms with E-state index in [1.807, 2.05) is 31.1 Å². The molecule has 1 N–H and O–H groups in total. The number of likely N-dealkylation sites (tertiary alicyclic amines) is 1. The number of hydrogen-bond acceptors (Lipinski definition) is 5. The van der Waals surface area contributed by atoms with Gasteiger partial charge in [0.2, 0.25) is 5.95 Å². The molecule has 39 heavy (non-hydrogen) atoms. The van der Waals surface area contributed by atoms with Crippen LogP contribution in [0, 0.1) is 6.92 Å². The second-order valence-electron chi connectivity index (χ2n) is 11.1. The SMILES string of the molecule is C=CN1CCC(c2ccc3nc4n(c3c2)CCCCCCc2c(cnn2C)-c2cc(cc(C)n2)C(=C)N4)CC1. The van der Waals surface area contributed by atoms with Crippen molar-refractivity contribution >= 4 is 22.7 Å². The predicted octanol–water partition coefficient (Wildman–Crippen LogP) is 6.66. The number of aromatic nitrogens is 5. The number of rotatable bonds is 2. The summed E-state index contributed by atoms with van der Waals surface area (Å²) in [7, 11) is 2.03. The number of anilines is 1. The lowest BCUT2D eigenvalue weighted by Gasteiger charge is -2.31. The van der Waals surface area contributed by atoms with Crippen LogP contribution in [0.25, 0.3) is 28.0 Å². The van der Waals surface area contributed by atoms with Crippen LogP contribution >= 0.6 is 0 Å². The summed E-state index contributed by atoms with van der Waals surface area (Å²) in [6.07, 6.45) is 11.9. The van der Waals surface area contributed by atoms with Gasteiger partial charge in [0.15, 0.2) is 0 Å². The Bertz CT molecular complexity index is 1520. The summed E-state index contributed by atoms with van der Waals surface area (Å²) in [5, 5.41) is 8.15. The van der Waals surface area contributed by atoms with Crippen LogP contribution in [0.3, 0.4) is 0 Å². The molecule has 2 aliphatic heterocycles. The fourth-order valence-electron chi connectivity index (χ4n) is 6.21. The predicted molar refractivity (Wildman–Crippen MR) is 159 cm³/mol. The van der Waals surface area contributed by atoms with Gasteiger partial charge in [-0.05, 0) is 81.0 Å². The molecule has 1 aromatic carbocycles. The second kappa shape index (κ2) is 10.7. The normalized spacial score (nSPS) is 17.2. The van der Waals surface area contributed by atoms with E-state index in [1.165, 1.54) is 29.6 Å². The minimum atomic E-state index is 0.580. The van der Waals surface area contributed by atoms with Gasteiger partial charge in [0.1, 0.15) is 0 Å². The third kappa shape index (κ3) is 5.10. The molecule has 202 valence electrons. The molecular formula is C32H39N7. The molecule has 0 amide bonds. The van der Waals surface area contributed by atoms with Crippen molar-refractivity contribution in [2.24, 2.45) is 7.05 Å². The average Bonchev–Trinajstić information content (AvgIpc) is 3.48. The van der Waals surface area contributed by atoms with Crippen molar-refractivity contribution in [1.82, 2.24) is 29.2 Å². The minimum Gasteiger partial charge on any atom is -0.378 e. The summed E-state index contributed by atoms with van der Waals surface area (Å²) in [5.41, 5.74) is 9.79. The highest BCUT2D eigenvalue weighted by molar-refractivity contribution is 5.83. The Kier molecular flexibility index (Phi) is 6.98. The van der Waals surface area contributed by atoms with E-state index in [-0.39, 0.29) is 0 Å². The maximum absolute atomic E-state index is 5.05. The number of fused-ring (bicyclic) bond motifs is 7. The smallest absolute Gasteiger partial charge is 0.208 e. The molecule has 4 aromatic rings. The molecule has 2 aliphatic rings. The van der Waals surface area contributed by atoms with Crippen LogP contribution in [0.5, 0.6) is 0 Å². The number of benzene rings is 1. The zero-order valence-electron chi connectivity index (χ0n) is 23.3. The first-order valence-electron chi connectivity index (χ1n) is 14.3. The van der Waals surface area contributed by atoms with Gasteiger partial charge in [-0.2, -0.15) is 5.10 Å². The molecule has 7 heteroatoms. The lowest BCUT2D eigenvalue weighted by molar-refractivity contribution is 0.285. The summed E-state index contributed by atoms with van der Waals surface area (Å²) in [6, 6.07) is 11.1. The Morgan fingerprint density at radius 1 is 1.00 bits per heavy atom. The number of nitrogens with zero attached hydrogens (tertiary/aromatic N) is 6. The van der Waals surface area contributed by atoms with Crippen LogP contribution in [0.4, 0.5) is 5.95 Å². The molecule has 3 aromatic heterocycles. The molecule has 0 spiro atoms. The van der Waals surface area contributed by atoms with Crippen molar-refractivity contribution in [3.8, 4) is 11.3 Å². The van der Waals surface area contributed by atoms with Gasteiger partial charge in [0, 0.05) is 54.9 Å². The van der Waals surface area contributed by atoms with Gasteiger partial charge in [-0.25, -0.2) is 4.98 Å². The standard InChI is InChI=1S/C32H39N7/c1-5-38-16-13-24(14-17-38)25-11-12-28-31(20-25)39-15-9-7-6-8-10-30-27(21-33-37(30)4)29-19-26(18-22(2)34-29)23(3)35-32(39)36-28/h5,11-12,18-21,24H,1,3,6-10,13-17H2,2,4H3,(H,35,36). The molecule has 1 fully saturated rings. The topological polar surface area (TPSA) is 63.8 Å². The highest BCUT2D eigenvalue weighted by atomic mass is 15.3. The molecule has 0 unspecified atom stereocenters. The Morgan fingerprint density at radius 3 is 2.64 bits per heavy atom. The molecule has 1 saturated heterocycles. The van der Waals surface area contributed by atoms with Crippen molar-refractivity contribution in [2.45, 2.75) is 64.3 Å². The van der Waals surface area contributed by atoms with E-state index in [4.69, 9.17) is 9.97 Å². The highest BCUT2D eigenvalue weighted by Gasteiger charge is 2.21. The van der Waals surface area contributed by atoms with Crippen LogP contribution in [0.15, 0.2) is 55.9 Å². The van der Waals surface area contributed by atoms with Gasteiger partial charge in [-0.1, -0.05) is 32.1 Å². The molecule has 6 rings (SSSR count). The lowest BCUT2D eigenvalue weighted by Crippen LogP contribution is -2.28. The Labute approximate surface area is 231 Å². The first-order chi connectivity index (χ1) is 19.0. The van der Waals surface area contributed by atoms with E-state index in [9.17, 15) is 0 Å². The number of aryl methyl sites for hydroxylation is 3. The fourth-order valence-corrected chi connectivity index (χ4v) is 6.21. The zero-order chi connectivity index (χ0) is 26.9. The van der Waals surface area contributed by atoms with E-state index in [0.29, 0.717) is 5.92 Å². The number of pyridine rings is 1. The van der Waals surface area contributed by atoms with Crippen LogP contribution in [-0.4, -0.2) is 42.3 Å². The summed E-state index contributed by atoms with van der Waals surface area (Å²) >= 11 is 0. The average molecular weight is 522 g/mol. The Morgan fingerprint density at radius 2 is 1.82 bits per heavy atom. The number of nitrogens with one attached hydrogen (secondary N) is 1. The zero-order valence-corrected chi connectivity index (χ0v) is 23.3. The van der Waals surface area contributed by atoms with Crippen molar-refractivity contribution in [3.63, 3.8) is 0 Å². The quantitative estimate of drug-likeness (QED) is 0.319. The molecule has 7 nitrogen and oxygen atoms in total. The molecule has 0 radical (unpaired) electrons. The van der Waals surface area contributed by atoms with Crippen LogP contribution < -0.4 is 5.32 Å². The van der Waals surface area contributed by atoms with Crippen LogP contribution in [0.2, 0.25) is 0 Å². The van der Waals surface area contributed by atoms with Gasteiger partial charge in [0.05, 0.1) is 22.9 Å². The van der Waals surface area contributed by atoms with Crippen LogP contribution in [-0.2, 0) is 20.0 Å². The first-order valence-corrected chi connectivity index (χ1v) is 14.3. The van der Waals surface area contributed by atoms with E-state index in [2.05, 4.69) is 63.4 Å². The lowest BCUT2D eigenvalue weighted by atomic mass is 9.89.